The Kier molecular flexibility index (Phi) is 2.93. The topological polar surface area (TPSA) is 52.3 Å². The third kappa shape index (κ3) is 2.01. The van der Waals surface area contributed by atoms with Crippen LogP contribution in [-0.2, 0) is 0 Å². The summed E-state index contributed by atoms with van der Waals surface area (Å²) in [6.45, 7) is 1.48. The number of nitrogen functional groups attached to an aromatic ring is 1. The average Bonchev–Trinajstić information content (AvgIpc) is 2.02. The number of Topliss-reactive ketones (excluding diaryl/α,β-unsaturated/α-hetero) is 1. The van der Waals surface area contributed by atoms with Crippen molar-refractivity contribution in [2.75, 3.05) is 12.8 Å². The first-order valence-electron chi connectivity index (χ1n) is 3.70. The minimum absolute atomic E-state index is 0.0650. The van der Waals surface area contributed by atoms with Crippen molar-refractivity contribution in [3.05, 3.63) is 22.2 Å². The van der Waals surface area contributed by atoms with Crippen molar-refractivity contribution in [2.45, 2.75) is 6.92 Å². The van der Waals surface area contributed by atoms with E-state index in [9.17, 15) is 4.79 Å². The number of ketones is 1. The molecule has 0 aliphatic rings. The highest BCUT2D eigenvalue weighted by molar-refractivity contribution is 9.10. The second-order valence-electron chi connectivity index (χ2n) is 2.63. The maximum absolute atomic E-state index is 11.2. The van der Waals surface area contributed by atoms with E-state index in [0.717, 1.165) is 4.47 Å². The monoisotopic (exact) mass is 243 g/mol. The highest BCUT2D eigenvalue weighted by Crippen LogP contribution is 2.30. The van der Waals surface area contributed by atoms with Crippen LogP contribution < -0.4 is 10.5 Å². The number of rotatable bonds is 2. The summed E-state index contributed by atoms with van der Waals surface area (Å²) in [4.78, 5) is 11.2. The van der Waals surface area contributed by atoms with Gasteiger partial charge in [-0.3, -0.25) is 4.79 Å². The molecule has 0 aliphatic heterocycles. The highest BCUT2D eigenvalue weighted by Gasteiger charge is 2.11. The van der Waals surface area contributed by atoms with Crippen LogP contribution in [0.25, 0.3) is 0 Å². The Hall–Kier alpha value is -1.03. The van der Waals surface area contributed by atoms with E-state index in [1.165, 1.54) is 14.0 Å². The Morgan fingerprint density at radius 2 is 2.15 bits per heavy atom. The van der Waals surface area contributed by atoms with Gasteiger partial charge in [-0.05, 0) is 19.1 Å². The number of hydrogen-bond acceptors (Lipinski definition) is 3. The molecule has 0 spiro atoms. The molecule has 4 heteroatoms. The summed E-state index contributed by atoms with van der Waals surface area (Å²) in [6, 6.07) is 3.39. The molecule has 0 bridgehead atoms. The molecular formula is C9H10BrNO2. The quantitative estimate of drug-likeness (QED) is 0.641. The molecule has 0 fully saturated rings. The van der Waals surface area contributed by atoms with Crippen LogP contribution in [0.2, 0.25) is 0 Å². The van der Waals surface area contributed by atoms with Crippen LogP contribution in [0, 0.1) is 0 Å². The fourth-order valence-electron chi connectivity index (χ4n) is 1.10. The van der Waals surface area contributed by atoms with E-state index < -0.39 is 0 Å². The Bertz CT molecular complexity index is 350. The van der Waals surface area contributed by atoms with Gasteiger partial charge in [0.2, 0.25) is 0 Å². The van der Waals surface area contributed by atoms with Crippen LogP contribution in [0.1, 0.15) is 17.3 Å². The molecule has 0 heterocycles. The molecule has 0 amide bonds. The van der Waals surface area contributed by atoms with Crippen molar-refractivity contribution in [2.24, 2.45) is 0 Å². The molecule has 0 radical (unpaired) electrons. The Labute approximate surface area is 85.0 Å². The fraction of sp³-hybridized carbons (Fsp3) is 0.222. The summed E-state index contributed by atoms with van der Waals surface area (Å²) in [7, 11) is 1.49. The van der Waals surface area contributed by atoms with Crippen molar-refractivity contribution in [3.8, 4) is 5.75 Å². The molecule has 0 unspecified atom stereocenters. The van der Waals surface area contributed by atoms with Crippen LogP contribution in [0.15, 0.2) is 16.6 Å². The third-order valence-electron chi connectivity index (χ3n) is 1.67. The molecule has 0 atom stereocenters. The number of benzene rings is 1. The lowest BCUT2D eigenvalue weighted by Gasteiger charge is -2.09. The number of carbonyl (C=O) groups excluding carboxylic acids is 1. The maximum atomic E-state index is 11.2. The first kappa shape index (κ1) is 10.1. The molecule has 3 nitrogen and oxygen atoms in total. The number of carbonyl (C=O) groups is 1. The summed E-state index contributed by atoms with van der Waals surface area (Å²) < 4.78 is 5.80. The Balaban J connectivity index is 3.38. The minimum atomic E-state index is -0.0650. The van der Waals surface area contributed by atoms with Crippen LogP contribution in [0.3, 0.4) is 0 Å². The number of methoxy groups -OCH3 is 1. The van der Waals surface area contributed by atoms with E-state index in [1.807, 2.05) is 0 Å². The average molecular weight is 244 g/mol. The van der Waals surface area contributed by atoms with Gasteiger partial charge in [0.25, 0.3) is 0 Å². The molecule has 0 aliphatic carbocycles. The molecule has 1 rings (SSSR count). The largest absolute Gasteiger partial charge is 0.494 e. The number of nitrogens with two attached hydrogens (primary N) is 1. The minimum Gasteiger partial charge on any atom is -0.494 e. The summed E-state index contributed by atoms with van der Waals surface area (Å²) in [5.74, 6) is 0.376. The van der Waals surface area contributed by atoms with E-state index in [2.05, 4.69) is 15.9 Å². The van der Waals surface area contributed by atoms with E-state index >= 15 is 0 Å². The number of anilines is 1. The lowest BCUT2D eigenvalue weighted by atomic mass is 10.1. The highest BCUT2D eigenvalue weighted by atomic mass is 79.9. The van der Waals surface area contributed by atoms with Gasteiger partial charge in [-0.25, -0.2) is 0 Å². The SMILES string of the molecule is COc1c(N)cc(Br)cc1C(C)=O. The van der Waals surface area contributed by atoms with Gasteiger partial charge in [-0.2, -0.15) is 0 Å². The van der Waals surface area contributed by atoms with E-state index in [0.29, 0.717) is 17.0 Å². The van der Waals surface area contributed by atoms with Gasteiger partial charge < -0.3 is 10.5 Å². The lowest BCUT2D eigenvalue weighted by Crippen LogP contribution is -2.01. The van der Waals surface area contributed by atoms with Gasteiger partial charge in [0.15, 0.2) is 11.5 Å². The first-order valence-corrected chi connectivity index (χ1v) is 4.49. The number of halogens is 1. The van der Waals surface area contributed by atoms with Crippen LogP contribution in [-0.4, -0.2) is 12.9 Å². The normalized spacial score (nSPS) is 9.77. The van der Waals surface area contributed by atoms with Crippen molar-refractivity contribution in [1.82, 2.24) is 0 Å². The lowest BCUT2D eigenvalue weighted by molar-refractivity contribution is 0.101. The zero-order chi connectivity index (χ0) is 10.0. The Morgan fingerprint density at radius 3 is 2.62 bits per heavy atom. The van der Waals surface area contributed by atoms with Crippen LogP contribution >= 0.6 is 15.9 Å². The fourth-order valence-corrected chi connectivity index (χ4v) is 1.58. The molecule has 0 saturated carbocycles. The van der Waals surface area contributed by atoms with Gasteiger partial charge in [-0.15, -0.1) is 0 Å². The predicted molar refractivity (Wildman–Crippen MR) is 55.1 cm³/mol. The summed E-state index contributed by atoms with van der Waals surface area (Å²) in [5, 5.41) is 0. The van der Waals surface area contributed by atoms with E-state index in [1.54, 1.807) is 12.1 Å². The van der Waals surface area contributed by atoms with Crippen LogP contribution in [0.4, 0.5) is 5.69 Å². The molecule has 1 aromatic carbocycles. The third-order valence-corrected chi connectivity index (χ3v) is 2.12. The summed E-state index contributed by atoms with van der Waals surface area (Å²) in [6.07, 6.45) is 0. The number of hydrogen-bond donors (Lipinski definition) is 1. The van der Waals surface area contributed by atoms with Gasteiger partial charge in [-0.1, -0.05) is 15.9 Å². The number of ether oxygens (including phenoxy) is 1. The van der Waals surface area contributed by atoms with Crippen molar-refractivity contribution < 1.29 is 9.53 Å². The van der Waals surface area contributed by atoms with Gasteiger partial charge in [0.05, 0.1) is 18.4 Å². The van der Waals surface area contributed by atoms with Crippen LogP contribution in [0.5, 0.6) is 5.75 Å². The second-order valence-corrected chi connectivity index (χ2v) is 3.55. The molecule has 2 N–H and O–H groups in total. The van der Waals surface area contributed by atoms with Crippen molar-refractivity contribution >= 4 is 27.4 Å². The summed E-state index contributed by atoms with van der Waals surface area (Å²) >= 11 is 3.26. The zero-order valence-electron chi connectivity index (χ0n) is 7.43. The zero-order valence-corrected chi connectivity index (χ0v) is 9.01. The van der Waals surface area contributed by atoms with Gasteiger partial charge in [0, 0.05) is 4.47 Å². The van der Waals surface area contributed by atoms with Crippen molar-refractivity contribution in [3.63, 3.8) is 0 Å². The summed E-state index contributed by atoms with van der Waals surface area (Å²) in [5.41, 5.74) is 6.62. The molecule has 0 saturated heterocycles. The molecule has 13 heavy (non-hydrogen) atoms. The Morgan fingerprint density at radius 1 is 1.54 bits per heavy atom. The predicted octanol–water partition coefficient (Wildman–Crippen LogP) is 2.24. The molecular weight excluding hydrogens is 234 g/mol. The standard InChI is InChI=1S/C9H10BrNO2/c1-5(12)7-3-6(10)4-8(11)9(7)13-2/h3-4H,11H2,1-2H3. The van der Waals surface area contributed by atoms with E-state index in [-0.39, 0.29) is 5.78 Å². The van der Waals surface area contributed by atoms with Gasteiger partial charge >= 0.3 is 0 Å². The molecule has 70 valence electrons. The molecule has 0 aromatic heterocycles. The molecule has 1 aromatic rings. The van der Waals surface area contributed by atoms with Crippen molar-refractivity contribution in [1.29, 1.82) is 0 Å². The van der Waals surface area contributed by atoms with E-state index in [4.69, 9.17) is 10.5 Å². The first-order chi connectivity index (χ1) is 6.06. The smallest absolute Gasteiger partial charge is 0.163 e. The maximum Gasteiger partial charge on any atom is 0.163 e. The van der Waals surface area contributed by atoms with Gasteiger partial charge in [0.1, 0.15) is 0 Å². The second kappa shape index (κ2) is 3.79.